The Labute approximate surface area is 68.2 Å². The molecule has 0 saturated heterocycles. The number of hydrogen-bond donors (Lipinski definition) is 1. The zero-order chi connectivity index (χ0) is 9.19. The molecule has 0 unspecified atom stereocenters. The van der Waals surface area contributed by atoms with E-state index in [4.69, 9.17) is 4.55 Å². The summed E-state index contributed by atoms with van der Waals surface area (Å²) in [6, 6.07) is -0.224. The van der Waals surface area contributed by atoms with Crippen LogP contribution in [0.3, 0.4) is 0 Å². The molecular formula is C4H4N3O4S. The van der Waals surface area contributed by atoms with E-state index in [1.807, 2.05) is 6.33 Å². The average Bonchev–Trinajstić information content (AvgIpc) is 2.03. The summed E-state index contributed by atoms with van der Waals surface area (Å²) in [5.41, 5.74) is 0. The quantitative estimate of drug-likeness (QED) is 0.592. The first-order valence-corrected chi connectivity index (χ1v) is 4.11. The monoisotopic (exact) mass is 190 g/mol. The van der Waals surface area contributed by atoms with Crippen molar-refractivity contribution < 1.29 is 17.7 Å². The normalized spacial score (nSPS) is 11.2. The van der Waals surface area contributed by atoms with Crippen LogP contribution in [0, 0.1) is 6.33 Å². The maximum absolute atomic E-state index is 10.4. The van der Waals surface area contributed by atoms with Gasteiger partial charge in [0.15, 0.2) is 0 Å². The van der Waals surface area contributed by atoms with Crippen LogP contribution in [0.15, 0.2) is 5.16 Å². The molecule has 0 amide bonds. The van der Waals surface area contributed by atoms with E-state index in [9.17, 15) is 8.42 Å². The van der Waals surface area contributed by atoms with E-state index >= 15 is 0 Å². The summed E-state index contributed by atoms with van der Waals surface area (Å²) in [6.07, 6.45) is 1.96. The highest BCUT2D eigenvalue weighted by molar-refractivity contribution is 7.85. The lowest BCUT2D eigenvalue weighted by atomic mass is 11.0. The van der Waals surface area contributed by atoms with Crippen molar-refractivity contribution in [2.45, 2.75) is 5.16 Å². The van der Waals surface area contributed by atoms with Gasteiger partial charge in [0.1, 0.15) is 0 Å². The van der Waals surface area contributed by atoms with Crippen molar-refractivity contribution >= 4 is 10.1 Å². The number of nitrogens with zero attached hydrogens (tertiary/aromatic N) is 3. The highest BCUT2D eigenvalue weighted by Crippen LogP contribution is 2.03. The van der Waals surface area contributed by atoms with Gasteiger partial charge in [0, 0.05) is 0 Å². The maximum Gasteiger partial charge on any atom is 0.330 e. The van der Waals surface area contributed by atoms with Crippen molar-refractivity contribution in [2.24, 2.45) is 0 Å². The Morgan fingerprint density at radius 3 is 2.67 bits per heavy atom. The van der Waals surface area contributed by atoms with Crippen LogP contribution in [-0.4, -0.2) is 35.0 Å². The Morgan fingerprint density at radius 2 is 2.17 bits per heavy atom. The third kappa shape index (κ3) is 1.86. The molecule has 12 heavy (non-hydrogen) atoms. The zero-order valence-corrected chi connectivity index (χ0v) is 6.74. The largest absolute Gasteiger partial charge is 0.467 e. The van der Waals surface area contributed by atoms with Gasteiger partial charge in [-0.2, -0.15) is 23.4 Å². The number of rotatable bonds is 2. The lowest BCUT2D eigenvalue weighted by molar-refractivity contribution is 0.368. The van der Waals surface area contributed by atoms with E-state index in [0.717, 1.165) is 0 Å². The Morgan fingerprint density at radius 1 is 1.50 bits per heavy atom. The van der Waals surface area contributed by atoms with Crippen LogP contribution in [-0.2, 0) is 10.1 Å². The van der Waals surface area contributed by atoms with Gasteiger partial charge in [0.2, 0.25) is 6.33 Å². The SMILES string of the molecule is COc1n[c]nc(S(=O)(=O)O)n1. The van der Waals surface area contributed by atoms with E-state index in [-0.39, 0.29) is 6.01 Å². The van der Waals surface area contributed by atoms with Gasteiger partial charge >= 0.3 is 16.1 Å². The summed E-state index contributed by atoms with van der Waals surface area (Å²) in [5.74, 6) is 0. The molecule has 7 nitrogen and oxygen atoms in total. The van der Waals surface area contributed by atoms with Crippen LogP contribution in [0.4, 0.5) is 0 Å². The predicted octanol–water partition coefficient (Wildman–Crippen LogP) is -1.07. The second kappa shape index (κ2) is 2.99. The number of methoxy groups -OCH3 is 1. The smallest absolute Gasteiger partial charge is 0.330 e. The van der Waals surface area contributed by atoms with E-state index < -0.39 is 15.3 Å². The standard InChI is InChI=1S/C4H4N3O4S/c1-11-3-5-2-6-4(7-3)12(8,9)10/h1H3,(H,8,9,10). The fourth-order valence-electron chi connectivity index (χ4n) is 0.449. The summed E-state index contributed by atoms with van der Waals surface area (Å²) >= 11 is 0. The van der Waals surface area contributed by atoms with Crippen molar-refractivity contribution in [2.75, 3.05) is 7.11 Å². The Hall–Kier alpha value is -1.28. The second-order valence-corrected chi connectivity index (χ2v) is 3.00. The second-order valence-electron chi connectivity index (χ2n) is 1.68. The molecule has 1 N–H and O–H groups in total. The third-order valence-corrected chi connectivity index (χ3v) is 1.54. The van der Waals surface area contributed by atoms with Gasteiger partial charge < -0.3 is 4.74 Å². The summed E-state index contributed by atoms with van der Waals surface area (Å²) in [5, 5.41) is -0.783. The lowest BCUT2D eigenvalue weighted by Gasteiger charge is -1.96. The Bertz CT molecular complexity index is 376. The third-order valence-electron chi connectivity index (χ3n) is 0.896. The van der Waals surface area contributed by atoms with Crippen molar-refractivity contribution in [3.63, 3.8) is 0 Å². The minimum absolute atomic E-state index is 0.224. The maximum atomic E-state index is 10.4. The summed E-state index contributed by atoms with van der Waals surface area (Å²) in [6.45, 7) is 0. The van der Waals surface area contributed by atoms with Crippen LogP contribution >= 0.6 is 0 Å². The summed E-state index contributed by atoms with van der Waals surface area (Å²) in [4.78, 5) is 9.67. The predicted molar refractivity (Wildman–Crippen MR) is 35.0 cm³/mol. The zero-order valence-electron chi connectivity index (χ0n) is 5.92. The minimum atomic E-state index is -4.41. The van der Waals surface area contributed by atoms with Crippen LogP contribution in [0.25, 0.3) is 0 Å². The fourth-order valence-corrected chi connectivity index (χ4v) is 0.799. The van der Waals surface area contributed by atoms with E-state index in [1.54, 1.807) is 0 Å². The average molecular weight is 190 g/mol. The number of ether oxygens (including phenoxy) is 1. The Balaban J connectivity index is 3.20. The molecular weight excluding hydrogens is 186 g/mol. The van der Waals surface area contributed by atoms with Crippen molar-refractivity contribution in [3.05, 3.63) is 6.33 Å². The van der Waals surface area contributed by atoms with E-state index in [1.165, 1.54) is 7.11 Å². The number of hydrogen-bond acceptors (Lipinski definition) is 6. The first kappa shape index (κ1) is 8.81. The first-order chi connectivity index (χ1) is 5.54. The molecule has 0 aliphatic carbocycles. The van der Waals surface area contributed by atoms with Gasteiger partial charge in [-0.15, -0.1) is 0 Å². The van der Waals surface area contributed by atoms with E-state index in [2.05, 4.69) is 19.7 Å². The van der Waals surface area contributed by atoms with Gasteiger partial charge in [-0.05, 0) is 0 Å². The van der Waals surface area contributed by atoms with Crippen molar-refractivity contribution in [1.29, 1.82) is 0 Å². The first-order valence-electron chi connectivity index (χ1n) is 2.67. The van der Waals surface area contributed by atoms with Gasteiger partial charge in [-0.1, -0.05) is 0 Å². The topological polar surface area (TPSA) is 102 Å². The molecule has 1 aromatic heterocycles. The highest BCUT2D eigenvalue weighted by atomic mass is 32.2. The molecule has 0 aliphatic rings. The molecule has 65 valence electrons. The van der Waals surface area contributed by atoms with Crippen molar-refractivity contribution in [3.8, 4) is 6.01 Å². The molecule has 0 spiro atoms. The van der Waals surface area contributed by atoms with Gasteiger partial charge in [-0.3, -0.25) is 4.55 Å². The number of aromatic nitrogens is 3. The molecule has 0 bridgehead atoms. The summed E-state index contributed by atoms with van der Waals surface area (Å²) in [7, 11) is -3.16. The molecule has 1 radical (unpaired) electrons. The summed E-state index contributed by atoms with van der Waals surface area (Å²) < 4.78 is 33.8. The molecule has 0 aromatic carbocycles. The van der Waals surface area contributed by atoms with Gasteiger partial charge in [0.05, 0.1) is 7.11 Å². The van der Waals surface area contributed by atoms with E-state index in [0.29, 0.717) is 0 Å². The molecule has 0 saturated carbocycles. The van der Waals surface area contributed by atoms with Crippen LogP contribution < -0.4 is 4.74 Å². The van der Waals surface area contributed by atoms with Gasteiger partial charge in [-0.25, -0.2) is 0 Å². The fraction of sp³-hybridized carbons (Fsp3) is 0.250. The Kier molecular flexibility index (Phi) is 2.20. The molecule has 1 rings (SSSR count). The van der Waals surface area contributed by atoms with Crippen LogP contribution in [0.5, 0.6) is 6.01 Å². The van der Waals surface area contributed by atoms with Crippen molar-refractivity contribution in [1.82, 2.24) is 15.0 Å². The van der Waals surface area contributed by atoms with Crippen LogP contribution in [0.2, 0.25) is 0 Å². The molecule has 0 fully saturated rings. The van der Waals surface area contributed by atoms with Crippen LogP contribution in [0.1, 0.15) is 0 Å². The molecule has 8 heteroatoms. The molecule has 1 heterocycles. The molecule has 1 aromatic rings. The molecule has 0 atom stereocenters. The highest BCUT2D eigenvalue weighted by Gasteiger charge is 2.14. The lowest BCUT2D eigenvalue weighted by Crippen LogP contribution is -2.06. The minimum Gasteiger partial charge on any atom is -0.467 e. The van der Waals surface area contributed by atoms with Gasteiger partial charge in [0.25, 0.3) is 5.16 Å². The molecule has 0 aliphatic heterocycles.